The van der Waals surface area contributed by atoms with E-state index >= 15 is 0 Å². The SMILES string of the molecule is Cc1cc(NCc2ccccc2F)nc(Nc2ccc(Br)cc2)n1. The molecule has 0 saturated carbocycles. The molecule has 0 aliphatic carbocycles. The van der Waals surface area contributed by atoms with Crippen molar-refractivity contribution >= 4 is 33.4 Å². The number of benzene rings is 2. The summed E-state index contributed by atoms with van der Waals surface area (Å²) in [5.74, 6) is 0.905. The zero-order valence-corrected chi connectivity index (χ0v) is 14.6. The third-order valence-corrected chi connectivity index (χ3v) is 3.90. The first-order chi connectivity index (χ1) is 11.6. The van der Waals surface area contributed by atoms with Crippen LogP contribution < -0.4 is 10.6 Å². The predicted molar refractivity (Wildman–Crippen MR) is 97.9 cm³/mol. The van der Waals surface area contributed by atoms with Gasteiger partial charge in [-0.3, -0.25) is 0 Å². The zero-order valence-electron chi connectivity index (χ0n) is 13.1. The molecule has 2 N–H and O–H groups in total. The highest BCUT2D eigenvalue weighted by molar-refractivity contribution is 9.10. The molecule has 0 aliphatic rings. The van der Waals surface area contributed by atoms with Crippen LogP contribution in [0.1, 0.15) is 11.3 Å². The molecule has 0 aliphatic heterocycles. The van der Waals surface area contributed by atoms with Crippen molar-refractivity contribution in [3.8, 4) is 0 Å². The van der Waals surface area contributed by atoms with E-state index in [2.05, 4.69) is 36.5 Å². The van der Waals surface area contributed by atoms with E-state index in [1.165, 1.54) is 6.07 Å². The number of nitrogens with one attached hydrogen (secondary N) is 2. The van der Waals surface area contributed by atoms with Crippen LogP contribution in [0.4, 0.5) is 21.8 Å². The lowest BCUT2D eigenvalue weighted by Gasteiger charge is -2.10. The Morgan fingerprint density at radius 3 is 2.54 bits per heavy atom. The summed E-state index contributed by atoms with van der Waals surface area (Å²) >= 11 is 3.40. The second-order valence-corrected chi connectivity index (χ2v) is 6.21. The number of hydrogen-bond donors (Lipinski definition) is 2. The topological polar surface area (TPSA) is 49.8 Å². The molecule has 0 amide bonds. The van der Waals surface area contributed by atoms with Crippen molar-refractivity contribution in [3.05, 3.63) is 76.1 Å². The molecular formula is C18H16BrFN4. The van der Waals surface area contributed by atoms with Gasteiger partial charge < -0.3 is 10.6 Å². The maximum absolute atomic E-state index is 13.7. The van der Waals surface area contributed by atoms with Crippen molar-refractivity contribution in [1.82, 2.24) is 9.97 Å². The van der Waals surface area contributed by atoms with Gasteiger partial charge in [-0.15, -0.1) is 0 Å². The van der Waals surface area contributed by atoms with Gasteiger partial charge in [-0.25, -0.2) is 9.37 Å². The van der Waals surface area contributed by atoms with Crippen LogP contribution in [0.2, 0.25) is 0 Å². The molecule has 0 saturated heterocycles. The summed E-state index contributed by atoms with van der Waals surface area (Å²) < 4.78 is 14.7. The highest BCUT2D eigenvalue weighted by Crippen LogP contribution is 2.19. The number of nitrogens with zero attached hydrogens (tertiary/aromatic N) is 2. The molecule has 2 aromatic carbocycles. The number of anilines is 3. The van der Waals surface area contributed by atoms with Gasteiger partial charge in [0, 0.05) is 34.0 Å². The van der Waals surface area contributed by atoms with Gasteiger partial charge in [0.2, 0.25) is 5.95 Å². The van der Waals surface area contributed by atoms with Crippen molar-refractivity contribution in [2.45, 2.75) is 13.5 Å². The van der Waals surface area contributed by atoms with Gasteiger partial charge in [0.1, 0.15) is 11.6 Å². The Bertz CT molecular complexity index is 837. The van der Waals surface area contributed by atoms with E-state index in [1.807, 2.05) is 43.3 Å². The van der Waals surface area contributed by atoms with Crippen molar-refractivity contribution in [2.75, 3.05) is 10.6 Å². The Hall–Kier alpha value is -2.47. The quantitative estimate of drug-likeness (QED) is 0.644. The van der Waals surface area contributed by atoms with Gasteiger partial charge in [-0.1, -0.05) is 34.1 Å². The maximum Gasteiger partial charge on any atom is 0.229 e. The van der Waals surface area contributed by atoms with Gasteiger partial charge in [0.15, 0.2) is 0 Å². The first-order valence-electron chi connectivity index (χ1n) is 7.46. The Morgan fingerprint density at radius 2 is 1.79 bits per heavy atom. The minimum atomic E-state index is -0.232. The monoisotopic (exact) mass is 386 g/mol. The molecule has 122 valence electrons. The zero-order chi connectivity index (χ0) is 16.9. The number of aromatic nitrogens is 2. The van der Waals surface area contributed by atoms with E-state index in [1.54, 1.807) is 12.1 Å². The minimum absolute atomic E-state index is 0.232. The number of aryl methyl sites for hydroxylation is 1. The van der Waals surface area contributed by atoms with E-state index in [4.69, 9.17) is 0 Å². The standard InChI is InChI=1S/C18H16BrFN4/c1-12-10-17(21-11-13-4-2-3-5-16(13)20)24-18(22-12)23-15-8-6-14(19)7-9-15/h2-10H,11H2,1H3,(H2,21,22,23,24). The van der Waals surface area contributed by atoms with Gasteiger partial charge >= 0.3 is 0 Å². The first kappa shape index (κ1) is 16.4. The van der Waals surface area contributed by atoms with E-state index < -0.39 is 0 Å². The van der Waals surface area contributed by atoms with E-state index in [0.29, 0.717) is 23.9 Å². The van der Waals surface area contributed by atoms with E-state index in [9.17, 15) is 4.39 Å². The molecule has 0 spiro atoms. The largest absolute Gasteiger partial charge is 0.366 e. The molecule has 1 heterocycles. The summed E-state index contributed by atoms with van der Waals surface area (Å²) in [5, 5.41) is 6.30. The van der Waals surface area contributed by atoms with Gasteiger partial charge in [-0.05, 0) is 37.3 Å². The summed E-state index contributed by atoms with van der Waals surface area (Å²) in [5.41, 5.74) is 2.31. The van der Waals surface area contributed by atoms with E-state index in [0.717, 1.165) is 15.9 Å². The smallest absolute Gasteiger partial charge is 0.229 e. The van der Waals surface area contributed by atoms with Crippen molar-refractivity contribution in [3.63, 3.8) is 0 Å². The first-order valence-corrected chi connectivity index (χ1v) is 8.25. The third kappa shape index (κ3) is 4.29. The average Bonchev–Trinajstić information content (AvgIpc) is 2.56. The Balaban J connectivity index is 1.74. The van der Waals surface area contributed by atoms with Gasteiger partial charge in [0.25, 0.3) is 0 Å². The van der Waals surface area contributed by atoms with Crippen LogP contribution in [-0.4, -0.2) is 9.97 Å². The van der Waals surface area contributed by atoms with Crippen LogP contribution in [0.3, 0.4) is 0 Å². The summed E-state index contributed by atoms with van der Waals surface area (Å²) in [6, 6.07) is 16.3. The highest BCUT2D eigenvalue weighted by atomic mass is 79.9. The van der Waals surface area contributed by atoms with Gasteiger partial charge in [-0.2, -0.15) is 4.98 Å². The molecule has 0 radical (unpaired) electrons. The molecule has 3 rings (SSSR count). The molecule has 0 atom stereocenters. The molecule has 1 aromatic heterocycles. The van der Waals surface area contributed by atoms with E-state index in [-0.39, 0.29) is 5.82 Å². The predicted octanol–water partition coefficient (Wildman–Crippen LogP) is 5.04. The summed E-state index contributed by atoms with van der Waals surface area (Å²) in [4.78, 5) is 8.80. The fourth-order valence-electron chi connectivity index (χ4n) is 2.20. The van der Waals surface area contributed by atoms with Crippen LogP contribution in [-0.2, 0) is 6.54 Å². The maximum atomic E-state index is 13.7. The lowest BCUT2D eigenvalue weighted by molar-refractivity contribution is 0.613. The van der Waals surface area contributed by atoms with Crippen LogP contribution >= 0.6 is 15.9 Å². The molecule has 0 fully saturated rings. The number of rotatable bonds is 5. The van der Waals surface area contributed by atoms with Crippen LogP contribution in [0.15, 0.2) is 59.1 Å². The lowest BCUT2D eigenvalue weighted by atomic mass is 10.2. The van der Waals surface area contributed by atoms with Crippen LogP contribution in [0.25, 0.3) is 0 Å². The number of halogens is 2. The third-order valence-electron chi connectivity index (χ3n) is 3.37. The summed E-state index contributed by atoms with van der Waals surface area (Å²) in [6.07, 6.45) is 0. The molecule has 4 nitrogen and oxygen atoms in total. The molecule has 24 heavy (non-hydrogen) atoms. The van der Waals surface area contributed by atoms with Gasteiger partial charge in [0.05, 0.1) is 0 Å². The van der Waals surface area contributed by atoms with Crippen molar-refractivity contribution < 1.29 is 4.39 Å². The Morgan fingerprint density at radius 1 is 1.04 bits per heavy atom. The van der Waals surface area contributed by atoms with Crippen LogP contribution in [0, 0.1) is 12.7 Å². The second kappa shape index (κ2) is 7.40. The molecular weight excluding hydrogens is 371 g/mol. The molecule has 0 unspecified atom stereocenters. The normalized spacial score (nSPS) is 10.5. The summed E-state index contributed by atoms with van der Waals surface area (Å²) in [6.45, 7) is 2.25. The molecule has 0 bridgehead atoms. The summed E-state index contributed by atoms with van der Waals surface area (Å²) in [7, 11) is 0. The van der Waals surface area contributed by atoms with Crippen LogP contribution in [0.5, 0.6) is 0 Å². The lowest BCUT2D eigenvalue weighted by Crippen LogP contribution is -2.06. The Labute approximate surface area is 148 Å². The Kier molecular flexibility index (Phi) is 5.05. The van der Waals surface area contributed by atoms with Crippen molar-refractivity contribution in [1.29, 1.82) is 0 Å². The fourth-order valence-corrected chi connectivity index (χ4v) is 2.47. The average molecular weight is 387 g/mol. The minimum Gasteiger partial charge on any atom is -0.366 e. The van der Waals surface area contributed by atoms with Crippen molar-refractivity contribution in [2.24, 2.45) is 0 Å². The number of hydrogen-bond acceptors (Lipinski definition) is 4. The fraction of sp³-hybridized carbons (Fsp3) is 0.111. The second-order valence-electron chi connectivity index (χ2n) is 5.30. The molecule has 6 heteroatoms. The highest BCUT2D eigenvalue weighted by Gasteiger charge is 2.05. The molecule has 3 aromatic rings.